The number of furan rings is 1. The van der Waals surface area contributed by atoms with E-state index in [-0.39, 0.29) is 0 Å². The van der Waals surface area contributed by atoms with E-state index in [4.69, 9.17) is 4.42 Å². The Balaban J connectivity index is 2.36. The molecule has 0 aliphatic heterocycles. The van der Waals surface area contributed by atoms with Gasteiger partial charge >= 0.3 is 0 Å². The first kappa shape index (κ1) is 9.71. The summed E-state index contributed by atoms with van der Waals surface area (Å²) in [6.45, 7) is 6.57. The molecule has 1 unspecified atom stereocenters. The molecule has 2 aromatic rings. The van der Waals surface area contributed by atoms with E-state index in [2.05, 4.69) is 45.0 Å². The van der Waals surface area contributed by atoms with Crippen LogP contribution in [0.2, 0.25) is 0 Å². The third-order valence-electron chi connectivity index (χ3n) is 3.38. The van der Waals surface area contributed by atoms with Gasteiger partial charge in [0.15, 0.2) is 0 Å². The van der Waals surface area contributed by atoms with Crippen molar-refractivity contribution in [2.24, 2.45) is 0 Å². The standard InChI is InChI=1S/C15H16O/c1-9-4-5-14-12(7-9)13-8-10(2)6-11(3)15(13)16-14/h4-5,7-8,11H,6H2,1-3H3. The van der Waals surface area contributed by atoms with Crippen LogP contribution in [0.3, 0.4) is 0 Å². The Morgan fingerprint density at radius 1 is 1.25 bits per heavy atom. The molecule has 0 spiro atoms. The lowest BCUT2D eigenvalue weighted by Crippen LogP contribution is -1.99. The second kappa shape index (κ2) is 3.24. The van der Waals surface area contributed by atoms with Crippen LogP contribution in [0.15, 0.2) is 28.2 Å². The van der Waals surface area contributed by atoms with Crippen LogP contribution in [0.5, 0.6) is 0 Å². The zero-order valence-electron chi connectivity index (χ0n) is 10.0. The highest BCUT2D eigenvalue weighted by molar-refractivity contribution is 5.90. The predicted molar refractivity (Wildman–Crippen MR) is 67.6 cm³/mol. The van der Waals surface area contributed by atoms with Crippen molar-refractivity contribution >= 4 is 17.0 Å². The van der Waals surface area contributed by atoms with Crippen LogP contribution in [-0.2, 0) is 0 Å². The Morgan fingerprint density at radius 3 is 2.88 bits per heavy atom. The average molecular weight is 212 g/mol. The van der Waals surface area contributed by atoms with Crippen LogP contribution in [0.25, 0.3) is 17.0 Å². The van der Waals surface area contributed by atoms with Crippen LogP contribution >= 0.6 is 0 Å². The van der Waals surface area contributed by atoms with Crippen molar-refractivity contribution in [3.05, 3.63) is 40.7 Å². The van der Waals surface area contributed by atoms with Crippen LogP contribution < -0.4 is 0 Å². The third-order valence-corrected chi connectivity index (χ3v) is 3.38. The molecule has 1 nitrogen and oxygen atoms in total. The van der Waals surface area contributed by atoms with E-state index in [1.807, 2.05) is 0 Å². The maximum atomic E-state index is 5.96. The summed E-state index contributed by atoms with van der Waals surface area (Å²) in [5, 5.41) is 1.26. The van der Waals surface area contributed by atoms with E-state index in [0.717, 1.165) is 17.8 Å². The number of fused-ring (bicyclic) bond motifs is 3. The van der Waals surface area contributed by atoms with E-state index in [0.29, 0.717) is 5.92 Å². The zero-order valence-corrected chi connectivity index (χ0v) is 10.0. The second-order valence-electron chi connectivity index (χ2n) is 4.98. The highest BCUT2D eigenvalue weighted by Gasteiger charge is 2.22. The van der Waals surface area contributed by atoms with Crippen LogP contribution in [0.1, 0.15) is 43.1 Å². The highest BCUT2D eigenvalue weighted by atomic mass is 16.3. The largest absolute Gasteiger partial charge is 0.460 e. The molecule has 0 saturated heterocycles. The minimum absolute atomic E-state index is 0.507. The minimum atomic E-state index is 0.507. The smallest absolute Gasteiger partial charge is 0.134 e. The number of benzene rings is 1. The summed E-state index contributed by atoms with van der Waals surface area (Å²) in [6.07, 6.45) is 3.40. The van der Waals surface area contributed by atoms with Gasteiger partial charge in [0.1, 0.15) is 11.3 Å². The molecular weight excluding hydrogens is 196 g/mol. The van der Waals surface area contributed by atoms with Gasteiger partial charge in [0.2, 0.25) is 0 Å². The molecule has 3 rings (SSSR count). The van der Waals surface area contributed by atoms with Crippen molar-refractivity contribution in [1.82, 2.24) is 0 Å². The topological polar surface area (TPSA) is 13.1 Å². The van der Waals surface area contributed by atoms with Crippen molar-refractivity contribution in [1.29, 1.82) is 0 Å². The van der Waals surface area contributed by atoms with E-state index in [9.17, 15) is 0 Å². The molecule has 0 fully saturated rings. The van der Waals surface area contributed by atoms with E-state index < -0.39 is 0 Å². The fourth-order valence-corrected chi connectivity index (χ4v) is 2.65. The zero-order chi connectivity index (χ0) is 11.3. The number of hydrogen-bond donors (Lipinski definition) is 0. The lowest BCUT2D eigenvalue weighted by Gasteiger charge is -2.15. The molecule has 0 N–H and O–H groups in total. The lowest BCUT2D eigenvalue weighted by molar-refractivity contribution is 0.499. The van der Waals surface area contributed by atoms with Crippen molar-refractivity contribution in [3.8, 4) is 0 Å². The SMILES string of the molecule is CC1=Cc2c(oc3ccc(C)cc23)C(C)C1. The van der Waals surface area contributed by atoms with Crippen molar-refractivity contribution in [3.63, 3.8) is 0 Å². The summed E-state index contributed by atoms with van der Waals surface area (Å²) in [6, 6.07) is 6.41. The molecule has 0 saturated carbocycles. The maximum absolute atomic E-state index is 5.96. The van der Waals surface area contributed by atoms with Gasteiger partial charge in [-0.2, -0.15) is 0 Å². The van der Waals surface area contributed by atoms with Gasteiger partial charge in [-0.05, 0) is 32.4 Å². The van der Waals surface area contributed by atoms with Gasteiger partial charge in [-0.3, -0.25) is 0 Å². The summed E-state index contributed by atoms with van der Waals surface area (Å²) in [7, 11) is 0. The van der Waals surface area contributed by atoms with Crippen molar-refractivity contribution in [2.45, 2.75) is 33.1 Å². The van der Waals surface area contributed by atoms with Crippen molar-refractivity contribution in [2.75, 3.05) is 0 Å². The Labute approximate surface area is 95.8 Å². The maximum Gasteiger partial charge on any atom is 0.134 e. The molecule has 0 bridgehead atoms. The third kappa shape index (κ3) is 1.31. The normalized spacial score (nSPS) is 19.7. The van der Waals surface area contributed by atoms with E-state index in [1.54, 1.807) is 0 Å². The van der Waals surface area contributed by atoms with Gasteiger partial charge in [0, 0.05) is 16.9 Å². The quantitative estimate of drug-likeness (QED) is 0.619. The Kier molecular flexibility index (Phi) is 1.97. The molecular formula is C15H16O. The van der Waals surface area contributed by atoms with Crippen LogP contribution in [0, 0.1) is 6.92 Å². The van der Waals surface area contributed by atoms with E-state index in [1.165, 1.54) is 22.1 Å². The first-order valence-corrected chi connectivity index (χ1v) is 5.85. The molecule has 0 amide bonds. The number of allylic oxidation sites excluding steroid dienone is 1. The average Bonchev–Trinajstić information content (AvgIpc) is 2.57. The molecule has 0 radical (unpaired) electrons. The van der Waals surface area contributed by atoms with Gasteiger partial charge in [0.05, 0.1) is 0 Å². The van der Waals surface area contributed by atoms with Crippen LogP contribution in [0.4, 0.5) is 0 Å². The molecule has 1 heteroatoms. The van der Waals surface area contributed by atoms with Gasteiger partial charge < -0.3 is 4.42 Å². The first-order valence-electron chi connectivity index (χ1n) is 5.85. The number of rotatable bonds is 0. The number of hydrogen-bond acceptors (Lipinski definition) is 1. The Morgan fingerprint density at radius 2 is 2.06 bits per heavy atom. The van der Waals surface area contributed by atoms with Gasteiger partial charge in [-0.15, -0.1) is 0 Å². The minimum Gasteiger partial charge on any atom is -0.460 e. The van der Waals surface area contributed by atoms with Gasteiger partial charge in [0.25, 0.3) is 0 Å². The lowest BCUT2D eigenvalue weighted by atomic mass is 9.89. The fraction of sp³-hybridized carbons (Fsp3) is 0.333. The summed E-state index contributed by atoms with van der Waals surface area (Å²) in [5.74, 6) is 1.67. The molecule has 1 aromatic carbocycles. The predicted octanol–water partition coefficient (Wildman–Crippen LogP) is 4.65. The second-order valence-corrected chi connectivity index (χ2v) is 4.98. The Hall–Kier alpha value is -1.50. The Bertz CT molecular complexity index is 587. The molecule has 1 aromatic heterocycles. The molecule has 1 heterocycles. The molecule has 16 heavy (non-hydrogen) atoms. The highest BCUT2D eigenvalue weighted by Crippen LogP contribution is 2.39. The molecule has 1 atom stereocenters. The number of aryl methyl sites for hydroxylation is 1. The van der Waals surface area contributed by atoms with Crippen LogP contribution in [-0.4, -0.2) is 0 Å². The fourth-order valence-electron chi connectivity index (χ4n) is 2.65. The van der Waals surface area contributed by atoms with E-state index >= 15 is 0 Å². The van der Waals surface area contributed by atoms with Crippen molar-refractivity contribution < 1.29 is 4.42 Å². The summed E-state index contributed by atoms with van der Waals surface area (Å²) in [5.41, 5.74) is 5.06. The summed E-state index contributed by atoms with van der Waals surface area (Å²) < 4.78 is 5.96. The van der Waals surface area contributed by atoms with Gasteiger partial charge in [-0.25, -0.2) is 0 Å². The molecule has 1 aliphatic rings. The summed E-state index contributed by atoms with van der Waals surface area (Å²) >= 11 is 0. The monoisotopic (exact) mass is 212 g/mol. The first-order chi connectivity index (χ1) is 7.65. The van der Waals surface area contributed by atoms with Gasteiger partial charge in [-0.1, -0.05) is 30.2 Å². The molecule has 1 aliphatic carbocycles. The summed E-state index contributed by atoms with van der Waals surface area (Å²) in [4.78, 5) is 0. The molecule has 82 valence electrons.